The van der Waals surface area contributed by atoms with Gasteiger partial charge in [-0.2, -0.15) is 0 Å². The van der Waals surface area contributed by atoms with Gasteiger partial charge < -0.3 is 5.32 Å². The van der Waals surface area contributed by atoms with Crippen LogP contribution in [0.15, 0.2) is 11.6 Å². The van der Waals surface area contributed by atoms with Crippen molar-refractivity contribution in [1.29, 1.82) is 0 Å². The van der Waals surface area contributed by atoms with Crippen molar-refractivity contribution >= 4 is 21.2 Å². The van der Waals surface area contributed by atoms with E-state index in [2.05, 4.69) is 10.3 Å². The molecule has 2 atom stereocenters. The molecule has 1 aromatic rings. The molecule has 1 aromatic heterocycles. The van der Waals surface area contributed by atoms with Crippen molar-refractivity contribution in [3.8, 4) is 0 Å². The van der Waals surface area contributed by atoms with Crippen LogP contribution in [0.1, 0.15) is 31.2 Å². The Morgan fingerprint density at radius 2 is 2.39 bits per heavy atom. The lowest BCUT2D eigenvalue weighted by Gasteiger charge is -2.30. The summed E-state index contributed by atoms with van der Waals surface area (Å²) in [6.07, 6.45) is 5.11. The zero-order chi connectivity index (χ0) is 13.0. The summed E-state index contributed by atoms with van der Waals surface area (Å²) in [5.74, 6) is 0.345. The van der Waals surface area contributed by atoms with Gasteiger partial charge in [-0.05, 0) is 19.4 Å². The quantitative estimate of drug-likeness (QED) is 0.894. The number of aromatic nitrogens is 1. The lowest BCUT2D eigenvalue weighted by molar-refractivity contribution is 0.440. The molecule has 0 bridgehead atoms. The number of nitrogens with one attached hydrogen (secondary N) is 1. The summed E-state index contributed by atoms with van der Waals surface area (Å²) in [5.41, 5.74) is 0. The van der Waals surface area contributed by atoms with E-state index in [1.165, 1.54) is 0 Å². The third-order valence-corrected chi connectivity index (χ3v) is 6.57. The van der Waals surface area contributed by atoms with Crippen LogP contribution >= 0.6 is 11.3 Å². The van der Waals surface area contributed by atoms with E-state index in [1.807, 2.05) is 12.3 Å². The van der Waals surface area contributed by atoms with Crippen molar-refractivity contribution < 1.29 is 8.42 Å². The zero-order valence-electron chi connectivity index (χ0n) is 10.6. The molecule has 0 amide bonds. The smallest absolute Gasteiger partial charge is 0.154 e. The van der Waals surface area contributed by atoms with Crippen molar-refractivity contribution in [3.63, 3.8) is 0 Å². The number of likely N-dealkylation sites (N-methyl/N-ethyl adjacent to an activating group) is 1. The predicted octanol–water partition coefficient (Wildman–Crippen LogP) is 1.63. The van der Waals surface area contributed by atoms with Crippen LogP contribution in [0.5, 0.6) is 0 Å². The van der Waals surface area contributed by atoms with Gasteiger partial charge in [-0.1, -0.05) is 13.3 Å². The third-order valence-electron chi connectivity index (χ3n) is 3.42. The molecule has 2 unspecified atom stereocenters. The monoisotopic (exact) mass is 288 g/mol. The molecule has 18 heavy (non-hydrogen) atoms. The fourth-order valence-corrected chi connectivity index (χ4v) is 5.37. The highest BCUT2D eigenvalue weighted by Crippen LogP contribution is 2.24. The van der Waals surface area contributed by atoms with Gasteiger partial charge in [0.1, 0.15) is 0 Å². The van der Waals surface area contributed by atoms with E-state index in [0.29, 0.717) is 5.75 Å². The fourth-order valence-electron chi connectivity index (χ4n) is 2.57. The SMILES string of the molecule is CCNC(Cc1nccs1)C1CCCCS1(=O)=O. The second-order valence-corrected chi connectivity index (χ2v) is 8.01. The maximum atomic E-state index is 12.2. The number of thiazole rings is 1. The largest absolute Gasteiger partial charge is 0.313 e. The van der Waals surface area contributed by atoms with Crippen LogP contribution in [0.4, 0.5) is 0 Å². The zero-order valence-corrected chi connectivity index (χ0v) is 12.3. The summed E-state index contributed by atoms with van der Waals surface area (Å²) in [7, 11) is -2.93. The summed E-state index contributed by atoms with van der Waals surface area (Å²) in [6.45, 7) is 2.81. The highest BCUT2D eigenvalue weighted by atomic mass is 32.2. The Kier molecular flexibility index (Phi) is 4.75. The highest BCUT2D eigenvalue weighted by molar-refractivity contribution is 7.92. The van der Waals surface area contributed by atoms with Crippen molar-refractivity contribution in [2.75, 3.05) is 12.3 Å². The van der Waals surface area contributed by atoms with Crippen molar-refractivity contribution in [1.82, 2.24) is 10.3 Å². The maximum absolute atomic E-state index is 12.2. The second kappa shape index (κ2) is 6.12. The van der Waals surface area contributed by atoms with Crippen LogP contribution in [0.25, 0.3) is 0 Å². The van der Waals surface area contributed by atoms with Crippen LogP contribution in [0.3, 0.4) is 0 Å². The molecule has 2 heterocycles. The molecule has 0 spiro atoms. The Balaban J connectivity index is 2.13. The van der Waals surface area contributed by atoms with Crippen LogP contribution < -0.4 is 5.32 Å². The van der Waals surface area contributed by atoms with Crippen molar-refractivity contribution in [2.45, 2.75) is 43.9 Å². The molecule has 1 aliphatic rings. The molecule has 1 aliphatic heterocycles. The minimum absolute atomic E-state index is 0.00597. The number of hydrogen-bond acceptors (Lipinski definition) is 5. The molecular formula is C12H20N2O2S2. The van der Waals surface area contributed by atoms with Crippen LogP contribution in [0, 0.1) is 0 Å². The Labute approximate surface area is 113 Å². The van der Waals surface area contributed by atoms with Gasteiger partial charge in [-0.15, -0.1) is 11.3 Å². The van der Waals surface area contributed by atoms with E-state index in [9.17, 15) is 8.42 Å². The van der Waals surface area contributed by atoms with Crippen molar-refractivity contribution in [2.24, 2.45) is 0 Å². The first-order valence-corrected chi connectivity index (χ1v) is 9.06. The molecule has 102 valence electrons. The number of rotatable bonds is 5. The molecule has 0 saturated carbocycles. The van der Waals surface area contributed by atoms with E-state index in [-0.39, 0.29) is 11.3 Å². The van der Waals surface area contributed by atoms with Gasteiger partial charge in [0.2, 0.25) is 0 Å². The van der Waals surface area contributed by atoms with Gasteiger partial charge in [-0.3, -0.25) is 0 Å². The highest BCUT2D eigenvalue weighted by Gasteiger charge is 2.35. The van der Waals surface area contributed by atoms with Gasteiger partial charge >= 0.3 is 0 Å². The van der Waals surface area contributed by atoms with Crippen LogP contribution in [0.2, 0.25) is 0 Å². The number of nitrogens with zero attached hydrogens (tertiary/aromatic N) is 1. The van der Waals surface area contributed by atoms with Gasteiger partial charge in [0.15, 0.2) is 9.84 Å². The first-order valence-electron chi connectivity index (χ1n) is 6.47. The molecule has 0 radical (unpaired) electrons. The standard InChI is InChI=1S/C12H20N2O2S2/c1-2-13-10(9-12-14-6-7-17-12)11-5-3-4-8-18(11,15)16/h6-7,10-11,13H,2-5,8-9H2,1H3. The summed E-state index contributed by atoms with van der Waals surface area (Å²) >= 11 is 1.60. The Morgan fingerprint density at radius 1 is 1.56 bits per heavy atom. The lowest BCUT2D eigenvalue weighted by atomic mass is 10.0. The van der Waals surface area contributed by atoms with Crippen LogP contribution in [-0.2, 0) is 16.3 Å². The Bertz CT molecular complexity index is 456. The molecule has 1 N–H and O–H groups in total. The molecule has 1 saturated heterocycles. The number of sulfone groups is 1. The lowest BCUT2D eigenvalue weighted by Crippen LogP contribution is -2.47. The minimum atomic E-state index is -2.93. The second-order valence-electron chi connectivity index (χ2n) is 4.70. The van der Waals surface area contributed by atoms with E-state index < -0.39 is 9.84 Å². The van der Waals surface area contributed by atoms with Gasteiger partial charge in [0.05, 0.1) is 16.0 Å². The first-order chi connectivity index (χ1) is 8.63. The van der Waals surface area contributed by atoms with Crippen LogP contribution in [-0.4, -0.2) is 37.0 Å². The van der Waals surface area contributed by atoms with E-state index in [1.54, 1.807) is 17.5 Å². The predicted molar refractivity (Wildman–Crippen MR) is 74.7 cm³/mol. The van der Waals surface area contributed by atoms with E-state index >= 15 is 0 Å². The minimum Gasteiger partial charge on any atom is -0.313 e. The van der Waals surface area contributed by atoms with Gasteiger partial charge in [0, 0.05) is 24.0 Å². The first kappa shape index (κ1) is 14.0. The molecule has 0 aliphatic carbocycles. The Hall–Kier alpha value is -0.460. The fraction of sp³-hybridized carbons (Fsp3) is 0.750. The summed E-state index contributed by atoms with van der Waals surface area (Å²) in [5, 5.41) is 6.05. The molecule has 0 aromatic carbocycles. The third kappa shape index (κ3) is 3.30. The van der Waals surface area contributed by atoms with E-state index in [0.717, 1.165) is 37.2 Å². The van der Waals surface area contributed by atoms with Gasteiger partial charge in [-0.25, -0.2) is 13.4 Å². The summed E-state index contributed by atoms with van der Waals surface area (Å²) < 4.78 is 24.3. The summed E-state index contributed by atoms with van der Waals surface area (Å²) in [6, 6.07) is 0.00597. The van der Waals surface area contributed by atoms with Crippen molar-refractivity contribution in [3.05, 3.63) is 16.6 Å². The molecule has 2 rings (SSSR count). The number of hydrogen-bond donors (Lipinski definition) is 1. The maximum Gasteiger partial charge on any atom is 0.154 e. The Morgan fingerprint density at radius 3 is 3.00 bits per heavy atom. The normalized spacial score (nSPS) is 24.8. The molecule has 1 fully saturated rings. The average molecular weight is 288 g/mol. The van der Waals surface area contributed by atoms with E-state index in [4.69, 9.17) is 0 Å². The average Bonchev–Trinajstić information content (AvgIpc) is 2.81. The summed E-state index contributed by atoms with van der Waals surface area (Å²) in [4.78, 5) is 4.26. The topological polar surface area (TPSA) is 59.1 Å². The molecule has 6 heteroatoms. The van der Waals surface area contributed by atoms with Gasteiger partial charge in [0.25, 0.3) is 0 Å². The molecular weight excluding hydrogens is 268 g/mol. The molecule has 4 nitrogen and oxygen atoms in total.